The number of Topliss-reactive ketones (excluding diaryl/α,β-unsaturated/α-hetero) is 1. The van der Waals surface area contributed by atoms with Crippen molar-refractivity contribution >= 4 is 55.3 Å². The standard InChI is InChI=1S/C32H12BF24.C27H20NO/c34-25(35,36)13-1-14(26(37,38)39)6-21(5-13)33(22-7-15(27(40,41)42)2-16(8-22)28(43,44)45,23-9-17(29(46,47)48)3-18(10-23)30(49,50)51)24-11-19(31(52,53)54)4-20(12-24)32(55,56)57;29-26(20-10-2-1-3-11-20)19-28-17-9-8-16-25(28)27-23-14-6-4-12-21(23)18-22-13-5-7-15-24(22)27/h1-12H;1-18H,19H2/q-1;+1. The van der Waals surface area contributed by atoms with Crippen LogP contribution in [0.15, 0.2) is 182 Å². The largest absolute Gasteiger partial charge is 0.416 e. The van der Waals surface area contributed by atoms with Gasteiger partial charge in [-0.15, -0.1) is 0 Å². The first kappa shape index (κ1) is 63.5. The van der Waals surface area contributed by atoms with Gasteiger partial charge >= 0.3 is 49.4 Å². The first-order valence-corrected chi connectivity index (χ1v) is 24.4. The van der Waals surface area contributed by atoms with Crippen molar-refractivity contribution < 1.29 is 115 Å². The number of ketones is 1. The number of hydrogen-bond acceptors (Lipinski definition) is 1. The van der Waals surface area contributed by atoms with Crippen LogP contribution in [-0.4, -0.2) is 11.9 Å². The van der Waals surface area contributed by atoms with Crippen molar-refractivity contribution in [1.82, 2.24) is 0 Å². The van der Waals surface area contributed by atoms with E-state index in [0.29, 0.717) is 6.54 Å². The van der Waals surface area contributed by atoms with E-state index in [1.54, 1.807) is 0 Å². The minimum Gasteiger partial charge on any atom is -0.287 e. The van der Waals surface area contributed by atoms with Crippen molar-refractivity contribution in [3.8, 4) is 11.3 Å². The molecule has 27 heteroatoms. The van der Waals surface area contributed by atoms with Crippen LogP contribution in [0.3, 0.4) is 0 Å². The molecule has 0 aliphatic heterocycles. The lowest BCUT2D eigenvalue weighted by atomic mass is 9.12. The van der Waals surface area contributed by atoms with Crippen LogP contribution in [0.25, 0.3) is 32.8 Å². The summed E-state index contributed by atoms with van der Waals surface area (Å²) in [4.78, 5) is 12.9. The van der Waals surface area contributed by atoms with E-state index in [1.807, 2.05) is 48.7 Å². The van der Waals surface area contributed by atoms with Crippen LogP contribution in [0.2, 0.25) is 0 Å². The first-order valence-electron chi connectivity index (χ1n) is 24.4. The quantitative estimate of drug-likeness (QED) is 0.0488. The molecule has 86 heavy (non-hydrogen) atoms. The second-order valence-electron chi connectivity index (χ2n) is 19.4. The second-order valence-corrected chi connectivity index (χ2v) is 19.4. The summed E-state index contributed by atoms with van der Waals surface area (Å²) in [5.41, 5.74) is -27.3. The molecule has 0 atom stereocenters. The highest BCUT2D eigenvalue weighted by molar-refractivity contribution is 7.20. The lowest BCUT2D eigenvalue weighted by molar-refractivity contribution is -0.672. The number of halogens is 24. The third-order valence-electron chi connectivity index (χ3n) is 13.8. The molecule has 0 bridgehead atoms. The maximum atomic E-state index is 14.2. The van der Waals surface area contributed by atoms with Gasteiger partial charge in [-0.2, -0.15) is 132 Å². The zero-order valence-corrected chi connectivity index (χ0v) is 42.5. The predicted molar refractivity (Wildman–Crippen MR) is 268 cm³/mol. The predicted octanol–water partition coefficient (Wildman–Crippen LogP) is 17.0. The molecule has 1 aromatic heterocycles. The molecule has 9 aromatic rings. The van der Waals surface area contributed by atoms with E-state index in [-0.39, 0.29) is 5.78 Å². The SMILES string of the molecule is FC(F)(F)c1cc([B-](c2cc(C(F)(F)F)cc(C(F)(F)F)c2)(c2cc(C(F)(F)F)cc(C(F)(F)F)c2)c2cc(C(F)(F)F)cc(C(F)(F)F)c2)cc(C(F)(F)F)c1.O=C(C[n+]1ccccc1-c1c2ccccc2cc2ccccc12)c1ccccc1. The van der Waals surface area contributed by atoms with Gasteiger partial charge in [-0.1, -0.05) is 127 Å². The lowest BCUT2D eigenvalue weighted by Gasteiger charge is -2.46. The third kappa shape index (κ3) is 13.4. The van der Waals surface area contributed by atoms with E-state index in [9.17, 15) is 110 Å². The Labute approximate surface area is 468 Å². The van der Waals surface area contributed by atoms with Crippen LogP contribution in [0.4, 0.5) is 105 Å². The molecule has 1 heterocycles. The molecule has 0 saturated carbocycles. The van der Waals surface area contributed by atoms with Crippen molar-refractivity contribution in [3.63, 3.8) is 0 Å². The summed E-state index contributed by atoms with van der Waals surface area (Å²) >= 11 is 0. The number of pyridine rings is 1. The molecule has 0 saturated heterocycles. The van der Waals surface area contributed by atoms with Gasteiger partial charge in [0, 0.05) is 17.7 Å². The van der Waals surface area contributed by atoms with Gasteiger partial charge in [0.2, 0.25) is 18.0 Å². The van der Waals surface area contributed by atoms with E-state index in [0.717, 1.165) is 11.3 Å². The summed E-state index contributed by atoms with van der Waals surface area (Å²) in [6.45, 7) is 0.303. The maximum absolute atomic E-state index is 14.2. The molecule has 0 aliphatic carbocycles. The van der Waals surface area contributed by atoms with Gasteiger partial charge < -0.3 is 0 Å². The Morgan fingerprint density at radius 1 is 0.314 bits per heavy atom. The lowest BCUT2D eigenvalue weighted by Crippen LogP contribution is -2.75. The van der Waals surface area contributed by atoms with Gasteiger partial charge in [0.15, 0.2) is 6.20 Å². The fourth-order valence-corrected chi connectivity index (χ4v) is 10.1. The summed E-state index contributed by atoms with van der Waals surface area (Å²) < 4.78 is 343. The monoisotopic (exact) mass is 1240 g/mol. The Hall–Kier alpha value is -8.52. The highest BCUT2D eigenvalue weighted by atomic mass is 19.4. The number of nitrogens with zero attached hydrogens (tertiary/aromatic N) is 1. The average Bonchev–Trinajstić information content (AvgIpc) is 0.721. The van der Waals surface area contributed by atoms with E-state index >= 15 is 0 Å². The molecule has 0 unspecified atom stereocenters. The van der Waals surface area contributed by atoms with Crippen molar-refractivity contribution in [2.45, 2.75) is 56.0 Å². The number of hydrogen-bond donors (Lipinski definition) is 0. The van der Waals surface area contributed by atoms with Crippen molar-refractivity contribution in [1.29, 1.82) is 0 Å². The van der Waals surface area contributed by atoms with Crippen LogP contribution in [-0.2, 0) is 56.0 Å². The van der Waals surface area contributed by atoms with Crippen LogP contribution in [0.1, 0.15) is 54.9 Å². The number of benzene rings is 8. The normalized spacial score (nSPS) is 13.2. The Morgan fingerprint density at radius 3 is 0.872 bits per heavy atom. The van der Waals surface area contributed by atoms with Crippen molar-refractivity contribution in [2.75, 3.05) is 0 Å². The van der Waals surface area contributed by atoms with E-state index in [2.05, 4.69) is 65.2 Å². The molecule has 0 amide bonds. The summed E-state index contributed by atoms with van der Waals surface area (Å²) in [6, 6.07) is 25.9. The van der Waals surface area contributed by atoms with E-state index in [1.165, 1.54) is 27.1 Å². The average molecular weight is 1240 g/mol. The van der Waals surface area contributed by atoms with Gasteiger partial charge in [0.25, 0.3) is 0 Å². The summed E-state index contributed by atoms with van der Waals surface area (Å²) in [6.07, 6.45) is -52.8. The number of aromatic nitrogens is 1. The number of alkyl halides is 24. The molecule has 0 aliphatic rings. The van der Waals surface area contributed by atoms with Gasteiger partial charge in [0.1, 0.15) is 6.15 Å². The molecular weight excluding hydrogens is 1210 g/mol. The fraction of sp³-hybridized carbons (Fsp3) is 0.153. The van der Waals surface area contributed by atoms with E-state index in [4.69, 9.17) is 0 Å². The Balaban J connectivity index is 0.000000274. The summed E-state index contributed by atoms with van der Waals surface area (Å²) in [5.74, 6) is 0.104. The molecular formula is C59H32BF24NO. The van der Waals surface area contributed by atoms with Gasteiger partial charge in [0.05, 0.1) is 50.1 Å². The number of carbonyl (C=O) groups excluding carboxylic acids is 1. The molecule has 0 radical (unpaired) electrons. The molecule has 2 nitrogen and oxygen atoms in total. The molecule has 0 fully saturated rings. The summed E-state index contributed by atoms with van der Waals surface area (Å²) in [7, 11) is 0. The number of fused-ring (bicyclic) bond motifs is 2. The minimum atomic E-state index is -6.13. The third-order valence-corrected chi connectivity index (χ3v) is 13.8. The van der Waals surface area contributed by atoms with E-state index < -0.39 is 195 Å². The van der Waals surface area contributed by atoms with Crippen LogP contribution in [0, 0.1) is 0 Å². The van der Waals surface area contributed by atoms with Gasteiger partial charge in [-0.05, 0) is 57.9 Å². The molecule has 8 aromatic carbocycles. The van der Waals surface area contributed by atoms with Gasteiger partial charge in [-0.3, -0.25) is 4.79 Å². The topological polar surface area (TPSA) is 20.9 Å². The Kier molecular flexibility index (Phi) is 16.5. The highest BCUT2D eigenvalue weighted by Gasteiger charge is 2.47. The Morgan fingerprint density at radius 2 is 0.581 bits per heavy atom. The molecule has 0 N–H and O–H groups in total. The molecule has 450 valence electrons. The van der Waals surface area contributed by atoms with Crippen LogP contribution in [0.5, 0.6) is 0 Å². The zero-order chi connectivity index (χ0) is 63.5. The van der Waals surface area contributed by atoms with Crippen molar-refractivity contribution in [2.24, 2.45) is 0 Å². The van der Waals surface area contributed by atoms with Crippen LogP contribution < -0.4 is 26.4 Å². The van der Waals surface area contributed by atoms with Crippen LogP contribution >= 0.6 is 0 Å². The Bertz CT molecular complexity index is 3510. The number of rotatable bonds is 8. The highest BCUT2D eigenvalue weighted by Crippen LogP contribution is 2.42. The summed E-state index contributed by atoms with van der Waals surface area (Å²) in [5, 5.41) is 4.79. The first-order chi connectivity index (χ1) is 39.6. The second kappa shape index (κ2) is 22.4. The zero-order valence-electron chi connectivity index (χ0n) is 42.5. The maximum Gasteiger partial charge on any atom is 0.416 e. The molecule has 0 spiro atoms. The fourth-order valence-electron chi connectivity index (χ4n) is 10.1. The van der Waals surface area contributed by atoms with Gasteiger partial charge in [-0.25, -0.2) is 0 Å². The smallest absolute Gasteiger partial charge is 0.287 e. The number of carbonyl (C=O) groups is 1. The minimum absolute atomic E-state index is 0.104. The van der Waals surface area contributed by atoms with Crippen molar-refractivity contribution in [3.05, 3.63) is 232 Å². The molecule has 9 rings (SSSR count).